The average Bonchev–Trinajstić information content (AvgIpc) is 3.28. The van der Waals surface area contributed by atoms with E-state index in [-0.39, 0.29) is 12.2 Å². The van der Waals surface area contributed by atoms with Crippen molar-refractivity contribution in [3.8, 4) is 22.9 Å². The highest BCUT2D eigenvalue weighted by Gasteiger charge is 2.64. The average molecular weight is 407 g/mol. The van der Waals surface area contributed by atoms with Crippen molar-refractivity contribution in [3.05, 3.63) is 0 Å². The molecule has 1 heterocycles. The summed E-state index contributed by atoms with van der Waals surface area (Å²) >= 11 is 0. The Hall–Kier alpha value is -1.06. The topological polar surface area (TPSA) is 59.1 Å². The number of ether oxygens (including phenoxy) is 2. The molecule has 2 rings (SSSR count). The maximum Gasteiger partial charge on any atom is 0.317 e. The lowest BCUT2D eigenvalue weighted by molar-refractivity contribution is -0.170. The fourth-order valence-electron chi connectivity index (χ4n) is 3.51. The molecule has 1 N–H and O–H groups in total. The van der Waals surface area contributed by atoms with Crippen LogP contribution in [0.15, 0.2) is 0 Å². The molecule has 0 amide bonds. The Morgan fingerprint density at radius 3 is 2.04 bits per heavy atom. The van der Waals surface area contributed by atoms with Crippen molar-refractivity contribution < 1.29 is 19.4 Å². The second kappa shape index (κ2) is 7.41. The number of hydrogen-bond acceptors (Lipinski definition) is 4. The van der Waals surface area contributed by atoms with Crippen LogP contribution in [0.2, 0.25) is 39.3 Å². The van der Waals surface area contributed by atoms with Gasteiger partial charge in [-0.05, 0) is 32.6 Å². The third kappa shape index (κ3) is 5.26. The van der Waals surface area contributed by atoms with Gasteiger partial charge in [-0.25, -0.2) is 0 Å². The van der Waals surface area contributed by atoms with Crippen LogP contribution in [-0.2, 0) is 14.3 Å². The predicted octanol–water partition coefficient (Wildman–Crippen LogP) is 3.37. The Balaban J connectivity index is 2.63. The molecular weight excluding hydrogens is 372 g/mol. The van der Waals surface area contributed by atoms with E-state index in [1.807, 2.05) is 0 Å². The third-order valence-electron chi connectivity index (χ3n) is 5.01. The summed E-state index contributed by atoms with van der Waals surface area (Å²) in [5.74, 6) is 5.78. The summed E-state index contributed by atoms with van der Waals surface area (Å²) < 4.78 is 11.2. The summed E-state index contributed by atoms with van der Waals surface area (Å²) in [7, 11) is -3.55. The first-order chi connectivity index (χ1) is 12.3. The first kappa shape index (κ1) is 22.2. The first-order valence-electron chi connectivity index (χ1n) is 9.89. The highest BCUT2D eigenvalue weighted by molar-refractivity contribution is 6.84. The van der Waals surface area contributed by atoms with Crippen molar-refractivity contribution in [2.45, 2.75) is 83.1 Å². The zero-order valence-electron chi connectivity index (χ0n) is 17.9. The van der Waals surface area contributed by atoms with Crippen molar-refractivity contribution in [1.29, 1.82) is 0 Å². The molecule has 150 valence electrons. The molecule has 1 spiro atoms. The van der Waals surface area contributed by atoms with Gasteiger partial charge in [0.05, 0.1) is 18.8 Å². The van der Waals surface area contributed by atoms with Crippen LogP contribution < -0.4 is 0 Å². The molecule has 0 aromatic carbocycles. The van der Waals surface area contributed by atoms with Crippen LogP contribution in [-0.4, -0.2) is 51.6 Å². The summed E-state index contributed by atoms with van der Waals surface area (Å²) in [5.41, 5.74) is 3.35. The van der Waals surface area contributed by atoms with Crippen molar-refractivity contribution >= 4 is 22.1 Å². The van der Waals surface area contributed by atoms with Crippen LogP contribution in [0.5, 0.6) is 0 Å². The molecule has 2 atom stereocenters. The second-order valence-corrected chi connectivity index (χ2v) is 19.5. The second-order valence-electron chi connectivity index (χ2n) is 10.0. The number of carbonyl (C=O) groups excluding carboxylic acids is 1. The molecule has 0 radical (unpaired) electrons. The molecule has 0 bridgehead atoms. The van der Waals surface area contributed by atoms with Crippen LogP contribution >= 0.6 is 0 Å². The molecule has 0 aromatic rings. The van der Waals surface area contributed by atoms with E-state index >= 15 is 0 Å². The minimum Gasteiger partial charge on any atom is -0.465 e. The van der Waals surface area contributed by atoms with Gasteiger partial charge in [0.1, 0.15) is 21.6 Å². The summed E-state index contributed by atoms with van der Waals surface area (Å²) in [6.45, 7) is 15.4. The van der Waals surface area contributed by atoms with Crippen molar-refractivity contribution in [1.82, 2.24) is 0 Å². The van der Waals surface area contributed by atoms with Gasteiger partial charge in [0, 0.05) is 0 Å². The molecule has 1 aliphatic heterocycles. The van der Waals surface area contributed by atoms with Crippen molar-refractivity contribution in [3.63, 3.8) is 0 Å². The minimum atomic E-state index is -1.77. The molecule has 2 aliphatic rings. The van der Waals surface area contributed by atoms with E-state index in [4.69, 9.17) is 9.47 Å². The SMILES string of the molecule is CCOC(=O)[C@]1(C(O)(C#C[Si](C)(C)C)C#C[Si](C)(C)C)CCC[C@]2(CO2)C1. The summed E-state index contributed by atoms with van der Waals surface area (Å²) in [4.78, 5) is 13.2. The Labute approximate surface area is 166 Å². The summed E-state index contributed by atoms with van der Waals surface area (Å²) in [6.07, 6.45) is 2.65. The third-order valence-corrected chi connectivity index (χ3v) is 6.76. The van der Waals surface area contributed by atoms with Gasteiger partial charge in [0.2, 0.25) is 5.60 Å². The molecule has 0 unspecified atom stereocenters. The maximum absolute atomic E-state index is 13.2. The number of carbonyl (C=O) groups is 1. The van der Waals surface area contributed by atoms with Crippen LogP contribution in [0, 0.1) is 28.3 Å². The van der Waals surface area contributed by atoms with Gasteiger partial charge in [-0.2, -0.15) is 0 Å². The largest absolute Gasteiger partial charge is 0.465 e. The molecule has 1 aliphatic carbocycles. The molecule has 1 saturated heterocycles. The van der Waals surface area contributed by atoms with E-state index in [0.29, 0.717) is 19.4 Å². The lowest BCUT2D eigenvalue weighted by Gasteiger charge is -2.44. The molecule has 27 heavy (non-hydrogen) atoms. The smallest absolute Gasteiger partial charge is 0.317 e. The maximum atomic E-state index is 13.2. The summed E-state index contributed by atoms with van der Waals surface area (Å²) in [5, 5.41) is 11.8. The van der Waals surface area contributed by atoms with E-state index < -0.39 is 33.1 Å². The van der Waals surface area contributed by atoms with Crippen molar-refractivity contribution in [2.75, 3.05) is 13.2 Å². The number of epoxide rings is 1. The van der Waals surface area contributed by atoms with E-state index in [0.717, 1.165) is 12.8 Å². The normalized spacial score (nSPS) is 27.9. The Bertz CT molecular complexity index is 673. The van der Waals surface area contributed by atoms with Gasteiger partial charge in [-0.1, -0.05) is 51.1 Å². The highest BCUT2D eigenvalue weighted by Crippen LogP contribution is 2.55. The molecular formula is C21H34O4Si2. The molecule has 4 nitrogen and oxygen atoms in total. The lowest BCUT2D eigenvalue weighted by Crippen LogP contribution is -2.56. The van der Waals surface area contributed by atoms with Gasteiger partial charge in [0.15, 0.2) is 0 Å². The van der Waals surface area contributed by atoms with Gasteiger partial charge in [-0.3, -0.25) is 4.79 Å². The monoisotopic (exact) mass is 406 g/mol. The minimum absolute atomic E-state index is 0.271. The highest BCUT2D eigenvalue weighted by atomic mass is 28.3. The Kier molecular flexibility index (Phi) is 6.10. The number of hydrogen-bond donors (Lipinski definition) is 1. The quantitative estimate of drug-likeness (QED) is 0.338. The zero-order chi connectivity index (χ0) is 20.6. The van der Waals surface area contributed by atoms with Gasteiger partial charge in [0.25, 0.3) is 0 Å². The standard InChI is InChI=1S/C21H34O4Si2/c1-8-24-18(22)20(11-9-10-19(16-20)17-25-19)21(23,12-14-26(2,3)4)13-15-27(5,6)7/h23H,8-11,16-17H2,1-7H3/t19-,20+/m1/s1. The van der Waals surface area contributed by atoms with E-state index in [1.165, 1.54) is 0 Å². The fraction of sp³-hybridized carbons (Fsp3) is 0.762. The zero-order valence-corrected chi connectivity index (χ0v) is 19.9. The number of aliphatic hydroxyl groups is 1. The number of rotatable bonds is 3. The molecule has 2 fully saturated rings. The molecule has 6 heteroatoms. The van der Waals surface area contributed by atoms with E-state index in [1.54, 1.807) is 6.92 Å². The number of esters is 1. The van der Waals surface area contributed by atoms with E-state index in [2.05, 4.69) is 62.2 Å². The lowest BCUT2D eigenvalue weighted by atomic mass is 9.60. The van der Waals surface area contributed by atoms with Crippen LogP contribution in [0.4, 0.5) is 0 Å². The Morgan fingerprint density at radius 1 is 1.11 bits per heavy atom. The molecule has 0 aromatic heterocycles. The summed E-state index contributed by atoms with van der Waals surface area (Å²) in [6, 6.07) is 0. The van der Waals surface area contributed by atoms with E-state index in [9.17, 15) is 9.90 Å². The van der Waals surface area contributed by atoms with Crippen LogP contribution in [0.25, 0.3) is 0 Å². The first-order valence-corrected chi connectivity index (χ1v) is 16.9. The Morgan fingerprint density at radius 2 is 1.63 bits per heavy atom. The molecule has 1 saturated carbocycles. The fourth-order valence-corrected chi connectivity index (χ4v) is 4.63. The van der Waals surface area contributed by atoms with Crippen LogP contribution in [0.1, 0.15) is 32.6 Å². The van der Waals surface area contributed by atoms with Gasteiger partial charge in [-0.15, -0.1) is 11.1 Å². The van der Waals surface area contributed by atoms with Gasteiger partial charge < -0.3 is 14.6 Å². The predicted molar refractivity (Wildman–Crippen MR) is 113 cm³/mol. The van der Waals surface area contributed by atoms with Gasteiger partial charge >= 0.3 is 5.97 Å². The van der Waals surface area contributed by atoms with Crippen LogP contribution in [0.3, 0.4) is 0 Å². The van der Waals surface area contributed by atoms with Crippen molar-refractivity contribution in [2.24, 2.45) is 5.41 Å².